The summed E-state index contributed by atoms with van der Waals surface area (Å²) < 4.78 is 0. The molecule has 0 radical (unpaired) electrons. The molecule has 0 bridgehead atoms. The molecule has 1 amide bonds. The third-order valence-electron chi connectivity index (χ3n) is 2.95. The number of rotatable bonds is 2. The standard InChI is InChI=1S/C16H14N2O/c1-12-4-3-5-15(10-12)18(2)16(19)14-8-6-13(11-17)7-9-14/h3-10H,1-2H3. The van der Waals surface area contributed by atoms with Crippen LogP contribution in [0.25, 0.3) is 0 Å². The summed E-state index contributed by atoms with van der Waals surface area (Å²) in [7, 11) is 1.75. The molecular weight excluding hydrogens is 236 g/mol. The number of hydrogen-bond donors (Lipinski definition) is 0. The Morgan fingerprint density at radius 3 is 2.42 bits per heavy atom. The zero-order valence-corrected chi connectivity index (χ0v) is 10.9. The van der Waals surface area contributed by atoms with Crippen molar-refractivity contribution in [2.24, 2.45) is 0 Å². The maximum absolute atomic E-state index is 12.3. The van der Waals surface area contributed by atoms with E-state index in [0.29, 0.717) is 11.1 Å². The van der Waals surface area contributed by atoms with Crippen molar-refractivity contribution in [2.75, 3.05) is 11.9 Å². The van der Waals surface area contributed by atoms with E-state index >= 15 is 0 Å². The minimum Gasteiger partial charge on any atom is -0.311 e. The van der Waals surface area contributed by atoms with Crippen LogP contribution >= 0.6 is 0 Å². The van der Waals surface area contributed by atoms with E-state index in [4.69, 9.17) is 5.26 Å². The smallest absolute Gasteiger partial charge is 0.258 e. The van der Waals surface area contributed by atoms with Gasteiger partial charge in [-0.1, -0.05) is 12.1 Å². The molecule has 3 heteroatoms. The summed E-state index contributed by atoms with van der Waals surface area (Å²) in [5.74, 6) is -0.0879. The molecule has 94 valence electrons. The van der Waals surface area contributed by atoms with Gasteiger partial charge in [0.15, 0.2) is 0 Å². The Kier molecular flexibility index (Phi) is 3.63. The average molecular weight is 250 g/mol. The summed E-state index contributed by atoms with van der Waals surface area (Å²) in [4.78, 5) is 13.9. The van der Waals surface area contributed by atoms with Crippen molar-refractivity contribution >= 4 is 11.6 Å². The van der Waals surface area contributed by atoms with Crippen molar-refractivity contribution < 1.29 is 4.79 Å². The zero-order valence-electron chi connectivity index (χ0n) is 10.9. The summed E-state index contributed by atoms with van der Waals surface area (Å²) >= 11 is 0. The first kappa shape index (κ1) is 12.8. The zero-order chi connectivity index (χ0) is 13.8. The highest BCUT2D eigenvalue weighted by Crippen LogP contribution is 2.17. The first-order valence-corrected chi connectivity index (χ1v) is 5.96. The molecule has 0 aromatic heterocycles. The first-order chi connectivity index (χ1) is 9.11. The van der Waals surface area contributed by atoms with Gasteiger partial charge in [0.2, 0.25) is 0 Å². The van der Waals surface area contributed by atoms with Crippen LogP contribution in [0.5, 0.6) is 0 Å². The number of anilines is 1. The van der Waals surface area contributed by atoms with E-state index in [0.717, 1.165) is 11.3 Å². The van der Waals surface area contributed by atoms with Crippen LogP contribution in [0.4, 0.5) is 5.69 Å². The summed E-state index contributed by atoms with van der Waals surface area (Å²) in [6.07, 6.45) is 0. The Morgan fingerprint density at radius 2 is 1.84 bits per heavy atom. The predicted octanol–water partition coefficient (Wildman–Crippen LogP) is 3.14. The molecular formula is C16H14N2O. The van der Waals surface area contributed by atoms with Crippen molar-refractivity contribution in [3.05, 3.63) is 65.2 Å². The van der Waals surface area contributed by atoms with Gasteiger partial charge in [-0.25, -0.2) is 0 Å². The Balaban J connectivity index is 2.26. The van der Waals surface area contributed by atoms with Gasteiger partial charge in [0.25, 0.3) is 5.91 Å². The number of amides is 1. The lowest BCUT2D eigenvalue weighted by Gasteiger charge is -2.17. The average Bonchev–Trinajstić information content (AvgIpc) is 2.46. The minimum atomic E-state index is -0.0879. The van der Waals surface area contributed by atoms with Gasteiger partial charge in [0, 0.05) is 18.3 Å². The van der Waals surface area contributed by atoms with E-state index in [1.54, 1.807) is 36.2 Å². The van der Waals surface area contributed by atoms with Gasteiger partial charge >= 0.3 is 0 Å². The fourth-order valence-corrected chi connectivity index (χ4v) is 1.83. The number of hydrogen-bond acceptors (Lipinski definition) is 2. The highest BCUT2D eigenvalue weighted by atomic mass is 16.2. The van der Waals surface area contributed by atoms with Gasteiger partial charge in [-0.3, -0.25) is 4.79 Å². The number of carbonyl (C=O) groups excluding carboxylic acids is 1. The fraction of sp³-hybridized carbons (Fsp3) is 0.125. The fourth-order valence-electron chi connectivity index (χ4n) is 1.83. The highest BCUT2D eigenvalue weighted by Gasteiger charge is 2.13. The monoisotopic (exact) mass is 250 g/mol. The maximum Gasteiger partial charge on any atom is 0.258 e. The largest absolute Gasteiger partial charge is 0.311 e. The van der Waals surface area contributed by atoms with Crippen LogP contribution in [0.15, 0.2) is 48.5 Å². The minimum absolute atomic E-state index is 0.0879. The van der Waals surface area contributed by atoms with Gasteiger partial charge in [-0.15, -0.1) is 0 Å². The van der Waals surface area contributed by atoms with Crippen LogP contribution in [0.2, 0.25) is 0 Å². The molecule has 3 nitrogen and oxygen atoms in total. The number of nitrogens with zero attached hydrogens (tertiary/aromatic N) is 2. The highest BCUT2D eigenvalue weighted by molar-refractivity contribution is 6.05. The second kappa shape index (κ2) is 5.36. The lowest BCUT2D eigenvalue weighted by Crippen LogP contribution is -2.26. The third-order valence-corrected chi connectivity index (χ3v) is 2.95. The van der Waals surface area contributed by atoms with Crippen molar-refractivity contribution in [2.45, 2.75) is 6.92 Å². The molecule has 2 aromatic carbocycles. The van der Waals surface area contributed by atoms with E-state index < -0.39 is 0 Å². The summed E-state index contributed by atoms with van der Waals surface area (Å²) in [6, 6.07) is 16.5. The van der Waals surface area contributed by atoms with E-state index in [1.807, 2.05) is 37.3 Å². The molecule has 0 saturated heterocycles. The van der Waals surface area contributed by atoms with Crippen LogP contribution in [-0.4, -0.2) is 13.0 Å². The number of aryl methyl sites for hydroxylation is 1. The second-order valence-electron chi connectivity index (χ2n) is 4.39. The van der Waals surface area contributed by atoms with Gasteiger partial charge in [-0.05, 0) is 48.9 Å². The van der Waals surface area contributed by atoms with Gasteiger partial charge in [-0.2, -0.15) is 5.26 Å². The van der Waals surface area contributed by atoms with Gasteiger partial charge in [0.1, 0.15) is 0 Å². The van der Waals surface area contributed by atoms with Gasteiger partial charge in [0.05, 0.1) is 11.6 Å². The van der Waals surface area contributed by atoms with Crippen LogP contribution in [0.1, 0.15) is 21.5 Å². The quantitative estimate of drug-likeness (QED) is 0.821. The predicted molar refractivity (Wildman–Crippen MR) is 75.1 cm³/mol. The van der Waals surface area contributed by atoms with Crippen molar-refractivity contribution in [3.63, 3.8) is 0 Å². The summed E-state index contributed by atoms with van der Waals surface area (Å²) in [5, 5.41) is 8.74. The van der Waals surface area contributed by atoms with Crippen LogP contribution < -0.4 is 4.90 Å². The topological polar surface area (TPSA) is 44.1 Å². The normalized spacial score (nSPS) is 9.74. The maximum atomic E-state index is 12.3. The van der Waals surface area contributed by atoms with Crippen molar-refractivity contribution in [3.8, 4) is 6.07 Å². The Hall–Kier alpha value is -2.60. The van der Waals surface area contributed by atoms with Gasteiger partial charge < -0.3 is 4.90 Å². The van der Waals surface area contributed by atoms with Crippen molar-refractivity contribution in [1.82, 2.24) is 0 Å². The molecule has 0 heterocycles. The van der Waals surface area contributed by atoms with E-state index in [9.17, 15) is 4.79 Å². The number of benzene rings is 2. The van der Waals surface area contributed by atoms with Crippen molar-refractivity contribution in [1.29, 1.82) is 5.26 Å². The lowest BCUT2D eigenvalue weighted by molar-refractivity contribution is 0.0993. The molecule has 0 saturated carbocycles. The Morgan fingerprint density at radius 1 is 1.16 bits per heavy atom. The molecule has 19 heavy (non-hydrogen) atoms. The van der Waals surface area contributed by atoms with E-state index in [1.165, 1.54) is 0 Å². The Labute approximate surface area is 112 Å². The van der Waals surface area contributed by atoms with E-state index in [2.05, 4.69) is 0 Å². The number of nitriles is 1. The summed E-state index contributed by atoms with van der Waals surface area (Å²) in [5.41, 5.74) is 3.09. The van der Waals surface area contributed by atoms with Crippen LogP contribution in [0, 0.1) is 18.3 Å². The molecule has 0 atom stereocenters. The first-order valence-electron chi connectivity index (χ1n) is 5.96. The SMILES string of the molecule is Cc1cccc(N(C)C(=O)c2ccc(C#N)cc2)c1. The molecule has 0 unspecified atom stereocenters. The number of carbonyl (C=O) groups is 1. The molecule has 0 aliphatic heterocycles. The molecule has 0 fully saturated rings. The Bertz CT molecular complexity index is 639. The second-order valence-corrected chi connectivity index (χ2v) is 4.39. The molecule has 2 rings (SSSR count). The molecule has 0 N–H and O–H groups in total. The lowest BCUT2D eigenvalue weighted by atomic mass is 10.1. The van der Waals surface area contributed by atoms with Crippen LogP contribution in [0.3, 0.4) is 0 Å². The third kappa shape index (κ3) is 2.80. The van der Waals surface area contributed by atoms with Crippen LogP contribution in [-0.2, 0) is 0 Å². The molecule has 0 spiro atoms. The van der Waals surface area contributed by atoms with E-state index in [-0.39, 0.29) is 5.91 Å². The molecule has 0 aliphatic rings. The molecule has 2 aromatic rings. The summed E-state index contributed by atoms with van der Waals surface area (Å²) in [6.45, 7) is 1.99. The molecule has 0 aliphatic carbocycles.